The van der Waals surface area contributed by atoms with Crippen LogP contribution in [-0.2, 0) is 11.3 Å². The number of carbonyl (C=O) groups excluding carboxylic acids is 2. The summed E-state index contributed by atoms with van der Waals surface area (Å²) in [5.41, 5.74) is 4.04. The number of aliphatic carboxylic acids is 1. The number of carboxylic acids is 2. The van der Waals surface area contributed by atoms with Crippen LogP contribution in [0.15, 0.2) is 48.5 Å². The first-order valence-electron chi connectivity index (χ1n) is 10.1. The summed E-state index contributed by atoms with van der Waals surface area (Å²) in [5.74, 6) is -2.05. The highest BCUT2D eigenvalue weighted by molar-refractivity contribution is 6.05. The molecule has 3 aromatic rings. The third kappa shape index (κ3) is 4.27. The average molecular weight is 417 g/mol. The first-order chi connectivity index (χ1) is 15.0. The number of rotatable bonds is 6. The number of aromatic carboxylic acids is 1. The molecule has 1 N–H and O–H groups in total. The van der Waals surface area contributed by atoms with E-state index in [1.807, 2.05) is 30.3 Å². The van der Waals surface area contributed by atoms with Crippen LogP contribution in [0.2, 0.25) is 0 Å². The molecule has 0 saturated carbocycles. The summed E-state index contributed by atoms with van der Waals surface area (Å²) in [7, 11) is 0. The number of hydrogen-bond acceptors (Lipinski definition) is 6. The van der Waals surface area contributed by atoms with E-state index in [1.54, 1.807) is 24.3 Å². The Kier molecular flexibility index (Phi) is 5.68. The molecule has 2 heterocycles. The molecule has 158 valence electrons. The Hall–Kier alpha value is -3.71. The predicted molar refractivity (Wildman–Crippen MR) is 111 cm³/mol. The van der Waals surface area contributed by atoms with Gasteiger partial charge in [-0.15, -0.1) is 0 Å². The van der Waals surface area contributed by atoms with E-state index in [0.717, 1.165) is 17.7 Å². The van der Waals surface area contributed by atoms with Gasteiger partial charge in [-0.3, -0.25) is 0 Å². The van der Waals surface area contributed by atoms with E-state index in [9.17, 15) is 19.8 Å². The van der Waals surface area contributed by atoms with E-state index in [4.69, 9.17) is 9.72 Å². The van der Waals surface area contributed by atoms with E-state index in [2.05, 4.69) is 6.92 Å². The van der Waals surface area contributed by atoms with E-state index in [0.29, 0.717) is 41.0 Å². The van der Waals surface area contributed by atoms with E-state index in [-0.39, 0.29) is 5.56 Å². The second-order valence-corrected chi connectivity index (χ2v) is 7.47. The second-order valence-electron chi connectivity index (χ2n) is 7.47. The zero-order valence-corrected chi connectivity index (χ0v) is 17.0. The van der Waals surface area contributed by atoms with Gasteiger partial charge < -0.3 is 29.4 Å². The zero-order chi connectivity index (χ0) is 22.0. The minimum absolute atomic E-state index is 0.211. The molecule has 4 rings (SSSR count). The maximum absolute atomic E-state index is 12.1. The lowest BCUT2D eigenvalue weighted by Crippen LogP contribution is -3.11. The minimum atomic E-state index is -1.28. The number of nitrogens with one attached hydrogen (secondary N) is 1. The Morgan fingerprint density at radius 3 is 2.52 bits per heavy atom. The standard InChI is InChI=1S/C24H22N2O5/c1-2-26-12-16(11-15-7-9-17(10-8-15)31-14-21(27)28)23-19(13-26)22(24(29)30)18-5-3-4-6-20(18)25-23/h3-11H,2,12-14H2,1H3,(H,27,28)(H,29,30)/p-1/b16-11+. The van der Waals surface area contributed by atoms with Gasteiger partial charge in [0, 0.05) is 22.1 Å². The summed E-state index contributed by atoms with van der Waals surface area (Å²) >= 11 is 0. The monoisotopic (exact) mass is 417 g/mol. The number of benzene rings is 2. The molecule has 7 nitrogen and oxygen atoms in total. The lowest BCUT2D eigenvalue weighted by molar-refractivity contribution is -0.905. The molecule has 1 aromatic heterocycles. The summed E-state index contributed by atoms with van der Waals surface area (Å²) in [6.45, 7) is 3.68. The van der Waals surface area contributed by atoms with Crippen molar-refractivity contribution in [2.45, 2.75) is 13.5 Å². The van der Waals surface area contributed by atoms with E-state index in [1.165, 1.54) is 4.90 Å². The van der Waals surface area contributed by atoms with Crippen LogP contribution in [0.1, 0.15) is 34.1 Å². The van der Waals surface area contributed by atoms with Crippen LogP contribution in [-0.4, -0.2) is 36.6 Å². The SMILES string of the molecule is CC[NH+]1C/C(=C\c2ccc(OCC(=O)[O-])cc2)c2nc3ccccc3c(C(=O)[O-])c2C1. The van der Waals surface area contributed by atoms with Crippen LogP contribution in [0.25, 0.3) is 22.6 Å². The van der Waals surface area contributed by atoms with Crippen LogP contribution in [0.4, 0.5) is 0 Å². The molecule has 1 aliphatic heterocycles. The van der Waals surface area contributed by atoms with Crippen molar-refractivity contribution < 1.29 is 29.4 Å². The van der Waals surface area contributed by atoms with Crippen molar-refractivity contribution in [3.05, 3.63) is 70.9 Å². The lowest BCUT2D eigenvalue weighted by atomic mass is 9.92. The molecule has 2 aromatic carbocycles. The molecule has 31 heavy (non-hydrogen) atoms. The van der Waals surface area contributed by atoms with Crippen molar-refractivity contribution in [2.75, 3.05) is 19.7 Å². The molecular weight excluding hydrogens is 396 g/mol. The normalized spacial score (nSPS) is 16.8. The molecule has 0 aliphatic carbocycles. The van der Waals surface area contributed by atoms with Gasteiger partial charge in [-0.1, -0.05) is 30.3 Å². The zero-order valence-electron chi connectivity index (χ0n) is 17.0. The molecule has 0 saturated heterocycles. The summed E-state index contributed by atoms with van der Waals surface area (Å²) in [4.78, 5) is 28.6. The number of nitrogens with zero attached hydrogens (tertiary/aromatic N) is 1. The first kappa shape index (κ1) is 20.6. The van der Waals surface area contributed by atoms with Crippen molar-refractivity contribution in [3.8, 4) is 5.75 Å². The van der Waals surface area contributed by atoms with E-state index < -0.39 is 18.5 Å². The van der Waals surface area contributed by atoms with Crippen molar-refractivity contribution >= 4 is 34.5 Å². The van der Waals surface area contributed by atoms with Gasteiger partial charge in [0.1, 0.15) is 25.4 Å². The number of carbonyl (C=O) groups is 2. The summed E-state index contributed by atoms with van der Waals surface area (Å²) < 4.78 is 5.12. The molecule has 0 amide bonds. The van der Waals surface area contributed by atoms with Crippen LogP contribution >= 0.6 is 0 Å². The fourth-order valence-corrected chi connectivity index (χ4v) is 3.96. The number of carboxylic acid groups (broad SMARTS) is 2. The first-order valence-corrected chi connectivity index (χ1v) is 10.1. The predicted octanol–water partition coefficient (Wildman–Crippen LogP) is -0.314. The largest absolute Gasteiger partial charge is 0.546 e. The fourth-order valence-electron chi connectivity index (χ4n) is 3.96. The topological polar surface area (TPSA) is 107 Å². The van der Waals surface area contributed by atoms with Crippen LogP contribution in [0, 0.1) is 0 Å². The van der Waals surface area contributed by atoms with E-state index >= 15 is 0 Å². The van der Waals surface area contributed by atoms with Gasteiger partial charge in [0.25, 0.3) is 0 Å². The third-order valence-electron chi connectivity index (χ3n) is 5.45. The molecule has 0 spiro atoms. The number of ether oxygens (including phenoxy) is 1. The number of fused-ring (bicyclic) bond motifs is 2. The molecule has 0 radical (unpaired) electrons. The molecular formula is C24H21N2O5-. The Balaban J connectivity index is 1.80. The van der Waals surface area contributed by atoms with Crippen molar-refractivity contribution in [1.29, 1.82) is 0 Å². The highest BCUT2D eigenvalue weighted by Gasteiger charge is 2.28. The second kappa shape index (κ2) is 8.57. The Labute approximate surface area is 179 Å². The average Bonchev–Trinajstić information content (AvgIpc) is 2.76. The van der Waals surface area contributed by atoms with Crippen molar-refractivity contribution in [3.63, 3.8) is 0 Å². The molecule has 0 bridgehead atoms. The molecule has 1 unspecified atom stereocenters. The van der Waals surface area contributed by atoms with Crippen LogP contribution in [0.5, 0.6) is 5.75 Å². The van der Waals surface area contributed by atoms with Gasteiger partial charge in [-0.2, -0.15) is 0 Å². The maximum Gasteiger partial charge on any atom is 0.128 e. The summed E-state index contributed by atoms with van der Waals surface area (Å²) in [5, 5.41) is 23.2. The van der Waals surface area contributed by atoms with Crippen LogP contribution in [0.3, 0.4) is 0 Å². The highest BCUT2D eigenvalue weighted by Crippen LogP contribution is 2.30. The molecule has 0 fully saturated rings. The molecule has 7 heteroatoms. The van der Waals surface area contributed by atoms with Gasteiger partial charge in [-0.25, -0.2) is 4.98 Å². The smallest absolute Gasteiger partial charge is 0.128 e. The molecule has 1 atom stereocenters. The maximum atomic E-state index is 12.1. The van der Waals surface area contributed by atoms with Gasteiger partial charge in [0.05, 0.1) is 29.7 Å². The number of pyridine rings is 1. The highest BCUT2D eigenvalue weighted by atomic mass is 16.5. The third-order valence-corrected chi connectivity index (χ3v) is 5.45. The Morgan fingerprint density at radius 2 is 1.84 bits per heavy atom. The number of quaternary nitrogens is 1. The van der Waals surface area contributed by atoms with Gasteiger partial charge >= 0.3 is 0 Å². The quantitative estimate of drug-likeness (QED) is 0.590. The number of para-hydroxylation sites is 1. The fraction of sp³-hybridized carbons (Fsp3) is 0.208. The van der Waals surface area contributed by atoms with Crippen molar-refractivity contribution in [2.24, 2.45) is 0 Å². The van der Waals surface area contributed by atoms with Gasteiger partial charge in [0.2, 0.25) is 0 Å². The van der Waals surface area contributed by atoms with Gasteiger partial charge in [-0.05, 0) is 36.8 Å². The molecule has 1 aliphatic rings. The number of hydrogen-bond donors (Lipinski definition) is 1. The Bertz CT molecular complexity index is 1180. The summed E-state index contributed by atoms with van der Waals surface area (Å²) in [6.07, 6.45) is 1.98. The van der Waals surface area contributed by atoms with Gasteiger partial charge in [0.15, 0.2) is 0 Å². The van der Waals surface area contributed by atoms with Crippen LogP contribution < -0.4 is 19.8 Å². The van der Waals surface area contributed by atoms with Crippen molar-refractivity contribution in [1.82, 2.24) is 4.98 Å². The Morgan fingerprint density at radius 1 is 1.10 bits per heavy atom. The number of likely N-dealkylation sites (N-methyl/N-ethyl adjacent to an activating group) is 1. The summed E-state index contributed by atoms with van der Waals surface area (Å²) in [6, 6.07) is 14.2. The lowest BCUT2D eigenvalue weighted by Gasteiger charge is -2.29. The minimum Gasteiger partial charge on any atom is -0.546 e. The number of aromatic nitrogens is 1.